The molecule has 1 unspecified atom stereocenters. The van der Waals surface area contributed by atoms with Gasteiger partial charge in [-0.1, -0.05) is 40.2 Å². The first-order valence-electron chi connectivity index (χ1n) is 5.96. The zero-order chi connectivity index (χ0) is 11.2. The molecule has 0 aliphatic heterocycles. The van der Waals surface area contributed by atoms with E-state index < -0.39 is 0 Å². The first-order valence-corrected chi connectivity index (χ1v) is 6.88. The summed E-state index contributed by atoms with van der Waals surface area (Å²) in [6.45, 7) is 0. The Morgan fingerprint density at radius 2 is 1.88 bits per heavy atom. The van der Waals surface area contributed by atoms with E-state index in [-0.39, 0.29) is 5.41 Å². The fourth-order valence-electron chi connectivity index (χ4n) is 3.30. The molecule has 1 saturated carbocycles. The summed E-state index contributed by atoms with van der Waals surface area (Å²) >= 11 is 3.85. The fraction of sp³-hybridized carbons (Fsp3) is 0.500. The monoisotopic (exact) mass is 278 g/mol. The van der Waals surface area contributed by atoms with Crippen molar-refractivity contribution in [1.29, 1.82) is 0 Å². The maximum atomic E-state index is 11.4. The van der Waals surface area contributed by atoms with Gasteiger partial charge in [-0.3, -0.25) is 4.79 Å². The van der Waals surface area contributed by atoms with Gasteiger partial charge in [0.2, 0.25) is 0 Å². The van der Waals surface area contributed by atoms with Gasteiger partial charge in [-0.05, 0) is 30.4 Å². The molecule has 84 valence electrons. The van der Waals surface area contributed by atoms with Crippen LogP contribution in [0.3, 0.4) is 0 Å². The van der Waals surface area contributed by atoms with Crippen LogP contribution in [0, 0.1) is 0 Å². The van der Waals surface area contributed by atoms with Gasteiger partial charge < -0.3 is 0 Å². The number of ketones is 1. The number of hydrogen-bond donors (Lipinski definition) is 0. The Morgan fingerprint density at radius 1 is 1.19 bits per heavy atom. The average molecular weight is 279 g/mol. The van der Waals surface area contributed by atoms with Crippen LogP contribution in [-0.2, 0) is 16.6 Å². The van der Waals surface area contributed by atoms with E-state index >= 15 is 0 Å². The lowest BCUT2D eigenvalue weighted by Gasteiger charge is -2.37. The van der Waals surface area contributed by atoms with Crippen molar-refractivity contribution in [2.24, 2.45) is 0 Å². The Labute approximate surface area is 104 Å². The van der Waals surface area contributed by atoms with Crippen molar-refractivity contribution in [1.82, 2.24) is 0 Å². The quantitative estimate of drug-likeness (QED) is 0.665. The van der Waals surface area contributed by atoms with Crippen LogP contribution in [0.25, 0.3) is 0 Å². The minimum atomic E-state index is 0.241. The van der Waals surface area contributed by atoms with E-state index in [9.17, 15) is 4.79 Å². The molecule has 0 heterocycles. The Morgan fingerprint density at radius 3 is 2.62 bits per heavy atom. The molecule has 0 aromatic heterocycles. The normalized spacial score (nSPS) is 27.1. The summed E-state index contributed by atoms with van der Waals surface area (Å²) in [5, 5.41) is 0. The minimum Gasteiger partial charge on any atom is -0.300 e. The van der Waals surface area contributed by atoms with Crippen molar-refractivity contribution in [2.75, 3.05) is 0 Å². The lowest BCUT2D eigenvalue weighted by Crippen LogP contribution is -2.36. The van der Waals surface area contributed by atoms with Gasteiger partial charge in [0.15, 0.2) is 0 Å². The van der Waals surface area contributed by atoms with E-state index in [1.807, 2.05) is 0 Å². The Kier molecular flexibility index (Phi) is 2.43. The van der Waals surface area contributed by atoms with Gasteiger partial charge in [-0.25, -0.2) is 0 Å². The molecule has 0 saturated heterocycles. The second kappa shape index (κ2) is 3.69. The zero-order valence-corrected chi connectivity index (χ0v) is 10.8. The Hall–Kier alpha value is -0.630. The molecule has 16 heavy (non-hydrogen) atoms. The predicted molar refractivity (Wildman–Crippen MR) is 68.0 cm³/mol. The Bertz CT molecular complexity index is 428. The third-order valence-corrected chi connectivity index (χ3v) is 5.45. The van der Waals surface area contributed by atoms with E-state index in [1.165, 1.54) is 11.1 Å². The summed E-state index contributed by atoms with van der Waals surface area (Å²) in [4.78, 5) is 11.9. The molecular weight excluding hydrogens is 264 g/mol. The van der Waals surface area contributed by atoms with E-state index in [2.05, 4.69) is 40.2 Å². The van der Waals surface area contributed by atoms with Gasteiger partial charge in [-0.2, -0.15) is 0 Å². The SMILES string of the molecule is O=C1CCC2(CC1)c1ccccc1CC2Br. The first-order chi connectivity index (χ1) is 7.72. The molecule has 1 fully saturated rings. The van der Waals surface area contributed by atoms with E-state index in [0.717, 1.165) is 32.1 Å². The molecule has 3 rings (SSSR count). The molecule has 1 nitrogen and oxygen atoms in total. The van der Waals surface area contributed by atoms with Crippen molar-refractivity contribution in [2.45, 2.75) is 42.3 Å². The largest absolute Gasteiger partial charge is 0.300 e. The number of halogens is 1. The number of alkyl halides is 1. The van der Waals surface area contributed by atoms with Crippen LogP contribution in [-0.4, -0.2) is 10.6 Å². The molecule has 0 N–H and O–H groups in total. The van der Waals surface area contributed by atoms with Gasteiger partial charge >= 0.3 is 0 Å². The number of Topliss-reactive ketones (excluding diaryl/α,β-unsaturated/α-hetero) is 1. The van der Waals surface area contributed by atoms with Gasteiger partial charge in [0, 0.05) is 23.1 Å². The molecule has 0 amide bonds. The highest BCUT2D eigenvalue weighted by Gasteiger charge is 2.46. The van der Waals surface area contributed by atoms with Gasteiger partial charge in [0.1, 0.15) is 5.78 Å². The number of benzene rings is 1. The summed E-state index contributed by atoms with van der Waals surface area (Å²) in [6.07, 6.45) is 4.69. The van der Waals surface area contributed by atoms with Crippen LogP contribution in [0.5, 0.6) is 0 Å². The number of rotatable bonds is 0. The van der Waals surface area contributed by atoms with E-state index in [0.29, 0.717) is 10.6 Å². The van der Waals surface area contributed by atoms with Crippen molar-refractivity contribution in [3.05, 3.63) is 35.4 Å². The number of carbonyl (C=O) groups excluding carboxylic acids is 1. The molecule has 0 radical (unpaired) electrons. The third-order valence-electron chi connectivity index (χ3n) is 4.25. The van der Waals surface area contributed by atoms with Crippen molar-refractivity contribution >= 4 is 21.7 Å². The summed E-state index contributed by atoms with van der Waals surface area (Å²) in [6, 6.07) is 8.73. The summed E-state index contributed by atoms with van der Waals surface area (Å²) in [5.74, 6) is 0.440. The molecule has 1 aromatic carbocycles. The van der Waals surface area contributed by atoms with Gasteiger partial charge in [0.25, 0.3) is 0 Å². The van der Waals surface area contributed by atoms with E-state index in [1.54, 1.807) is 0 Å². The van der Waals surface area contributed by atoms with Crippen LogP contribution in [0.4, 0.5) is 0 Å². The summed E-state index contributed by atoms with van der Waals surface area (Å²) < 4.78 is 0. The minimum absolute atomic E-state index is 0.241. The van der Waals surface area contributed by atoms with E-state index in [4.69, 9.17) is 0 Å². The van der Waals surface area contributed by atoms with Crippen LogP contribution in [0.2, 0.25) is 0 Å². The molecule has 2 heteroatoms. The Balaban J connectivity index is 2.04. The zero-order valence-electron chi connectivity index (χ0n) is 9.21. The molecule has 2 aliphatic carbocycles. The van der Waals surface area contributed by atoms with Crippen LogP contribution >= 0.6 is 15.9 Å². The smallest absolute Gasteiger partial charge is 0.132 e. The fourth-order valence-corrected chi connectivity index (χ4v) is 4.35. The standard InChI is InChI=1S/C14H15BrO/c15-13-9-10-3-1-2-4-12(10)14(13)7-5-11(16)6-8-14/h1-4,13H,5-9H2. The molecule has 1 atom stereocenters. The summed E-state index contributed by atoms with van der Waals surface area (Å²) in [7, 11) is 0. The number of hydrogen-bond acceptors (Lipinski definition) is 1. The molecule has 0 bridgehead atoms. The van der Waals surface area contributed by atoms with Crippen LogP contribution in [0.1, 0.15) is 36.8 Å². The maximum absolute atomic E-state index is 11.4. The third kappa shape index (κ3) is 1.39. The van der Waals surface area contributed by atoms with Crippen LogP contribution < -0.4 is 0 Å². The molecule has 1 spiro atoms. The van der Waals surface area contributed by atoms with Gasteiger partial charge in [-0.15, -0.1) is 0 Å². The highest BCUT2D eigenvalue weighted by atomic mass is 79.9. The highest BCUT2D eigenvalue weighted by Crippen LogP contribution is 2.50. The molecular formula is C14H15BrO. The van der Waals surface area contributed by atoms with Crippen molar-refractivity contribution < 1.29 is 4.79 Å². The molecule has 1 aromatic rings. The predicted octanol–water partition coefficient (Wildman–Crippen LogP) is 3.39. The first kappa shape index (κ1) is 10.5. The van der Waals surface area contributed by atoms with Crippen LogP contribution in [0.15, 0.2) is 24.3 Å². The molecule has 2 aliphatic rings. The summed E-state index contributed by atoms with van der Waals surface area (Å²) in [5.41, 5.74) is 3.20. The van der Waals surface area contributed by atoms with Crippen molar-refractivity contribution in [3.63, 3.8) is 0 Å². The van der Waals surface area contributed by atoms with Crippen molar-refractivity contribution in [3.8, 4) is 0 Å². The number of fused-ring (bicyclic) bond motifs is 2. The lowest BCUT2D eigenvalue weighted by molar-refractivity contribution is -0.121. The average Bonchev–Trinajstić information content (AvgIpc) is 2.57. The van der Waals surface area contributed by atoms with Gasteiger partial charge in [0.05, 0.1) is 0 Å². The highest BCUT2D eigenvalue weighted by molar-refractivity contribution is 9.09. The topological polar surface area (TPSA) is 17.1 Å². The second-order valence-corrected chi connectivity index (χ2v) is 6.13. The number of carbonyl (C=O) groups is 1. The lowest BCUT2D eigenvalue weighted by atomic mass is 9.70. The second-order valence-electron chi connectivity index (χ2n) is 5.02. The maximum Gasteiger partial charge on any atom is 0.132 e.